The van der Waals surface area contributed by atoms with Crippen LogP contribution in [0.1, 0.15) is 0 Å². The van der Waals surface area contributed by atoms with Gasteiger partial charge >= 0.3 is 0 Å². The zero-order chi connectivity index (χ0) is 16.9. The van der Waals surface area contributed by atoms with E-state index in [9.17, 15) is 4.79 Å². The lowest BCUT2D eigenvalue weighted by atomic mass is 10.3. The highest BCUT2D eigenvalue weighted by atomic mass is 32.1. The lowest BCUT2D eigenvalue weighted by Gasteiger charge is -2.33. The summed E-state index contributed by atoms with van der Waals surface area (Å²) in [7, 11) is 0. The number of carbonyl (C=O) groups excluding carboxylic acids is 1. The molecule has 7 nitrogen and oxygen atoms in total. The number of piperazine rings is 1. The van der Waals surface area contributed by atoms with E-state index in [0.29, 0.717) is 24.5 Å². The first kappa shape index (κ1) is 16.8. The molecular weight excluding hydrogens is 324 g/mol. The molecular formula is C16H22N6OS. The van der Waals surface area contributed by atoms with Crippen LogP contribution >= 0.6 is 12.2 Å². The van der Waals surface area contributed by atoms with E-state index >= 15 is 0 Å². The van der Waals surface area contributed by atoms with Gasteiger partial charge in [0.1, 0.15) is 0 Å². The average Bonchev–Trinajstić information content (AvgIpc) is 2.91. The van der Waals surface area contributed by atoms with E-state index in [1.54, 1.807) is 6.08 Å². The number of rotatable bonds is 6. The van der Waals surface area contributed by atoms with Gasteiger partial charge in [-0.1, -0.05) is 12.1 Å². The fourth-order valence-electron chi connectivity index (χ4n) is 2.78. The summed E-state index contributed by atoms with van der Waals surface area (Å²) >= 11 is 5.48. The highest BCUT2D eigenvalue weighted by Crippen LogP contribution is 2.07. The molecule has 8 heteroatoms. The van der Waals surface area contributed by atoms with Crippen LogP contribution in [0.5, 0.6) is 0 Å². The van der Waals surface area contributed by atoms with E-state index in [1.165, 1.54) is 0 Å². The summed E-state index contributed by atoms with van der Waals surface area (Å²) in [6.45, 7) is 8.75. The summed E-state index contributed by atoms with van der Waals surface area (Å²) in [5, 5.41) is 7.36. The van der Waals surface area contributed by atoms with Crippen molar-refractivity contribution in [1.29, 1.82) is 0 Å². The van der Waals surface area contributed by atoms with Crippen molar-refractivity contribution in [3.8, 4) is 0 Å². The van der Waals surface area contributed by atoms with Gasteiger partial charge in [-0.2, -0.15) is 5.10 Å². The topological polar surface area (TPSA) is 57.8 Å². The molecule has 1 amide bonds. The molecule has 2 aromatic rings. The molecule has 1 aliphatic rings. The van der Waals surface area contributed by atoms with Crippen LogP contribution in [0.3, 0.4) is 0 Å². The second-order valence-electron chi connectivity index (χ2n) is 5.84. The summed E-state index contributed by atoms with van der Waals surface area (Å²) < 4.78 is 4.48. The molecule has 3 heterocycles. The molecule has 3 rings (SSSR count). The largest absolute Gasteiger partial charge is 0.352 e. The molecule has 0 saturated carbocycles. The maximum Gasteiger partial charge on any atom is 0.234 e. The van der Waals surface area contributed by atoms with Gasteiger partial charge in [0.15, 0.2) is 5.65 Å². The van der Waals surface area contributed by atoms with Gasteiger partial charge in [-0.25, -0.2) is 4.68 Å². The van der Waals surface area contributed by atoms with Crippen LogP contribution in [0.15, 0.2) is 37.1 Å². The molecule has 0 bridgehead atoms. The normalized spacial score (nSPS) is 16.3. The summed E-state index contributed by atoms with van der Waals surface area (Å²) in [6.07, 6.45) is 3.62. The van der Waals surface area contributed by atoms with Crippen molar-refractivity contribution >= 4 is 23.8 Å². The fraction of sp³-hybridized carbons (Fsp3) is 0.438. The maximum absolute atomic E-state index is 11.7. The van der Waals surface area contributed by atoms with Crippen LogP contribution in [0.4, 0.5) is 0 Å². The van der Waals surface area contributed by atoms with Crippen molar-refractivity contribution in [2.75, 3.05) is 39.3 Å². The smallest absolute Gasteiger partial charge is 0.234 e. The summed E-state index contributed by atoms with van der Waals surface area (Å²) in [6, 6.07) is 5.86. The number of fused-ring (bicyclic) bond motifs is 1. The number of carbonyl (C=O) groups is 1. The predicted molar refractivity (Wildman–Crippen MR) is 95.2 cm³/mol. The number of amides is 1. The van der Waals surface area contributed by atoms with E-state index in [-0.39, 0.29) is 5.91 Å². The first-order chi connectivity index (χ1) is 11.7. The zero-order valence-corrected chi connectivity index (χ0v) is 14.4. The SMILES string of the molecule is C=CCNC(=O)CN1CCN(Cn2nc3ccccn3c2=S)CC1. The Balaban J connectivity index is 1.53. The van der Waals surface area contributed by atoms with Crippen molar-refractivity contribution in [1.82, 2.24) is 29.3 Å². The molecule has 0 unspecified atom stereocenters. The highest BCUT2D eigenvalue weighted by Gasteiger charge is 2.19. The fourth-order valence-corrected chi connectivity index (χ4v) is 3.04. The van der Waals surface area contributed by atoms with E-state index in [4.69, 9.17) is 12.2 Å². The Morgan fingerprint density at radius 2 is 2.04 bits per heavy atom. The van der Waals surface area contributed by atoms with Gasteiger partial charge in [-0.15, -0.1) is 6.58 Å². The molecule has 0 aliphatic carbocycles. The van der Waals surface area contributed by atoms with E-state index in [1.807, 2.05) is 33.5 Å². The lowest BCUT2D eigenvalue weighted by molar-refractivity contribution is -0.122. The van der Waals surface area contributed by atoms with Crippen LogP contribution in [-0.2, 0) is 11.5 Å². The second kappa shape index (κ2) is 7.69. The lowest BCUT2D eigenvalue weighted by Crippen LogP contribution is -2.49. The van der Waals surface area contributed by atoms with E-state index in [0.717, 1.165) is 31.8 Å². The van der Waals surface area contributed by atoms with Crippen molar-refractivity contribution in [3.05, 3.63) is 41.8 Å². The van der Waals surface area contributed by atoms with Gasteiger partial charge in [0, 0.05) is 38.9 Å². The molecule has 0 spiro atoms. The minimum atomic E-state index is 0.0471. The first-order valence-electron chi connectivity index (χ1n) is 8.04. The van der Waals surface area contributed by atoms with Crippen LogP contribution in [-0.4, -0.2) is 69.2 Å². The number of hydrogen-bond acceptors (Lipinski definition) is 5. The van der Waals surface area contributed by atoms with Gasteiger partial charge in [-0.3, -0.25) is 19.0 Å². The Labute approximate surface area is 146 Å². The van der Waals surface area contributed by atoms with Crippen LogP contribution in [0, 0.1) is 4.77 Å². The third-order valence-corrected chi connectivity index (χ3v) is 4.51. The number of nitrogens with one attached hydrogen (secondary N) is 1. The van der Waals surface area contributed by atoms with Gasteiger partial charge in [0.05, 0.1) is 13.2 Å². The van der Waals surface area contributed by atoms with Gasteiger partial charge in [0.2, 0.25) is 10.7 Å². The van der Waals surface area contributed by atoms with Crippen molar-refractivity contribution in [3.63, 3.8) is 0 Å². The monoisotopic (exact) mass is 346 g/mol. The Bertz CT molecular complexity index is 774. The van der Waals surface area contributed by atoms with Crippen molar-refractivity contribution in [2.45, 2.75) is 6.67 Å². The minimum absolute atomic E-state index is 0.0471. The molecule has 0 aromatic carbocycles. The van der Waals surface area contributed by atoms with Crippen LogP contribution in [0.25, 0.3) is 5.65 Å². The summed E-state index contributed by atoms with van der Waals surface area (Å²) in [4.78, 5) is 16.2. The first-order valence-corrected chi connectivity index (χ1v) is 8.44. The van der Waals surface area contributed by atoms with Crippen molar-refractivity contribution in [2.24, 2.45) is 0 Å². The standard InChI is InChI=1S/C16H22N6OS/c1-2-6-17-15(23)12-19-8-10-20(11-9-19)13-22-16(24)21-7-4-3-5-14(21)18-22/h2-5,7H,1,6,8-13H2,(H,17,23). The van der Waals surface area contributed by atoms with Crippen LogP contribution < -0.4 is 5.32 Å². The average molecular weight is 346 g/mol. The third-order valence-electron chi connectivity index (χ3n) is 4.10. The number of nitrogens with zero attached hydrogens (tertiary/aromatic N) is 5. The van der Waals surface area contributed by atoms with Gasteiger partial charge in [-0.05, 0) is 24.4 Å². The molecule has 1 saturated heterocycles. The quantitative estimate of drug-likeness (QED) is 0.618. The summed E-state index contributed by atoms with van der Waals surface area (Å²) in [5.74, 6) is 0.0471. The number of hydrogen-bond donors (Lipinski definition) is 1. The minimum Gasteiger partial charge on any atom is -0.352 e. The predicted octanol–water partition coefficient (Wildman–Crippen LogP) is 0.743. The molecule has 2 aromatic heterocycles. The van der Waals surface area contributed by atoms with Crippen LogP contribution in [0.2, 0.25) is 0 Å². The van der Waals surface area contributed by atoms with Gasteiger partial charge in [0.25, 0.3) is 0 Å². The molecule has 128 valence electrons. The second-order valence-corrected chi connectivity index (χ2v) is 6.20. The molecule has 0 radical (unpaired) electrons. The molecule has 1 aliphatic heterocycles. The van der Waals surface area contributed by atoms with Crippen molar-refractivity contribution < 1.29 is 4.79 Å². The maximum atomic E-state index is 11.7. The van der Waals surface area contributed by atoms with E-state index < -0.39 is 0 Å². The molecule has 0 atom stereocenters. The molecule has 1 fully saturated rings. The molecule has 1 N–H and O–H groups in total. The molecule has 24 heavy (non-hydrogen) atoms. The summed E-state index contributed by atoms with van der Waals surface area (Å²) in [5.41, 5.74) is 0.861. The van der Waals surface area contributed by atoms with E-state index in [2.05, 4.69) is 26.8 Å². The Kier molecular flexibility index (Phi) is 5.39. The van der Waals surface area contributed by atoms with Gasteiger partial charge < -0.3 is 5.32 Å². The number of aromatic nitrogens is 3. The Hall–Kier alpha value is -2.03. The number of pyridine rings is 1. The zero-order valence-electron chi connectivity index (χ0n) is 13.6. The Morgan fingerprint density at radius 1 is 1.29 bits per heavy atom. The highest BCUT2D eigenvalue weighted by molar-refractivity contribution is 7.71. The Morgan fingerprint density at radius 3 is 2.75 bits per heavy atom. The third kappa shape index (κ3) is 3.89.